The first-order chi connectivity index (χ1) is 14.4. The predicted octanol–water partition coefficient (Wildman–Crippen LogP) is 4.79. The van der Waals surface area contributed by atoms with Crippen LogP contribution in [0.3, 0.4) is 0 Å². The molecule has 0 aliphatic rings. The third-order valence-electron chi connectivity index (χ3n) is 4.02. The van der Waals surface area contributed by atoms with Gasteiger partial charge < -0.3 is 16.0 Å². The molecule has 3 aromatic carbocycles. The molecule has 0 saturated carbocycles. The third kappa shape index (κ3) is 6.10. The minimum absolute atomic E-state index is 0.0835. The van der Waals surface area contributed by atoms with Crippen LogP contribution < -0.4 is 16.0 Å². The van der Waals surface area contributed by atoms with Crippen molar-refractivity contribution >= 4 is 52.1 Å². The lowest BCUT2D eigenvalue weighted by Gasteiger charge is -2.11. The first-order valence-electron chi connectivity index (χ1n) is 8.92. The van der Waals surface area contributed by atoms with Gasteiger partial charge in [0.2, 0.25) is 5.91 Å². The first kappa shape index (κ1) is 21.4. The van der Waals surface area contributed by atoms with Crippen molar-refractivity contribution in [3.05, 3.63) is 94.8 Å². The Bertz CT molecular complexity index is 1090. The summed E-state index contributed by atoms with van der Waals surface area (Å²) >= 11 is 10.9. The molecule has 0 spiro atoms. The number of anilines is 2. The minimum atomic E-state index is -0.566. The highest BCUT2D eigenvalue weighted by Gasteiger charge is 2.10. The zero-order chi connectivity index (χ0) is 21.5. The number of carbonyl (C=O) groups is 2. The molecule has 0 unspecified atom stereocenters. The van der Waals surface area contributed by atoms with Gasteiger partial charge >= 0.3 is 0 Å². The van der Waals surface area contributed by atoms with Gasteiger partial charge in [0.05, 0.1) is 11.4 Å². The maximum Gasteiger partial charge on any atom is 0.255 e. The largest absolute Gasteiger partial charge is 0.332 e. The topological polar surface area (TPSA) is 70.2 Å². The first-order valence-corrected chi connectivity index (χ1v) is 9.70. The van der Waals surface area contributed by atoms with Crippen LogP contribution in [0.15, 0.2) is 72.8 Å². The van der Waals surface area contributed by atoms with Gasteiger partial charge in [0.1, 0.15) is 5.82 Å². The minimum Gasteiger partial charge on any atom is -0.332 e. The van der Waals surface area contributed by atoms with Crippen molar-refractivity contribution in [1.82, 2.24) is 5.32 Å². The van der Waals surface area contributed by atoms with Crippen LogP contribution in [0.4, 0.5) is 15.8 Å². The molecule has 3 aromatic rings. The zero-order valence-electron chi connectivity index (χ0n) is 15.6. The Morgan fingerprint density at radius 3 is 2.37 bits per heavy atom. The molecule has 8 heteroatoms. The summed E-state index contributed by atoms with van der Waals surface area (Å²) in [6.45, 7) is 0. The summed E-state index contributed by atoms with van der Waals surface area (Å²) in [4.78, 5) is 24.6. The van der Waals surface area contributed by atoms with E-state index in [2.05, 4.69) is 16.0 Å². The number of hydrogen-bond acceptors (Lipinski definition) is 3. The molecule has 0 atom stereocenters. The van der Waals surface area contributed by atoms with Crippen molar-refractivity contribution in [3.63, 3.8) is 0 Å². The van der Waals surface area contributed by atoms with E-state index in [-0.39, 0.29) is 22.5 Å². The van der Waals surface area contributed by atoms with Crippen molar-refractivity contribution in [1.29, 1.82) is 0 Å². The number of nitrogens with one attached hydrogen (secondary N) is 3. The summed E-state index contributed by atoms with van der Waals surface area (Å²) in [6.07, 6.45) is 0.200. The van der Waals surface area contributed by atoms with Crippen LogP contribution >= 0.6 is 23.8 Å². The van der Waals surface area contributed by atoms with E-state index in [1.54, 1.807) is 24.3 Å². The Morgan fingerprint density at radius 1 is 0.900 bits per heavy atom. The van der Waals surface area contributed by atoms with E-state index < -0.39 is 11.7 Å². The molecule has 0 bridgehead atoms. The summed E-state index contributed by atoms with van der Waals surface area (Å²) in [5.41, 5.74) is 2.12. The van der Waals surface area contributed by atoms with E-state index in [1.807, 2.05) is 30.3 Å². The van der Waals surface area contributed by atoms with E-state index in [0.29, 0.717) is 16.9 Å². The summed E-state index contributed by atoms with van der Waals surface area (Å²) in [7, 11) is 0. The zero-order valence-corrected chi connectivity index (χ0v) is 17.2. The van der Waals surface area contributed by atoms with E-state index in [0.717, 1.165) is 5.56 Å². The van der Waals surface area contributed by atoms with Crippen LogP contribution in [-0.4, -0.2) is 16.9 Å². The van der Waals surface area contributed by atoms with Gasteiger partial charge in [0.25, 0.3) is 5.91 Å². The average Bonchev–Trinajstić information content (AvgIpc) is 2.71. The van der Waals surface area contributed by atoms with Gasteiger partial charge in [-0.3, -0.25) is 9.59 Å². The number of carbonyl (C=O) groups excluding carboxylic acids is 2. The molecule has 3 N–H and O–H groups in total. The summed E-state index contributed by atoms with van der Waals surface area (Å²) < 4.78 is 13.3. The molecule has 0 aliphatic heterocycles. The molecular weight excluding hydrogens is 425 g/mol. The maximum absolute atomic E-state index is 13.3. The lowest BCUT2D eigenvalue weighted by molar-refractivity contribution is -0.119. The molecule has 0 aromatic heterocycles. The van der Waals surface area contributed by atoms with Gasteiger partial charge in [-0.25, -0.2) is 4.39 Å². The molecule has 0 fully saturated rings. The summed E-state index contributed by atoms with van der Waals surface area (Å²) in [5.74, 6) is -1.22. The van der Waals surface area contributed by atoms with Crippen LogP contribution in [0.1, 0.15) is 15.9 Å². The number of benzene rings is 3. The standard InChI is InChI=1S/C22H17ClFN3O2S/c23-18-13-17(9-10-19(18)24)25-21(29)15-7-4-8-16(12-15)26-22(30)27-20(28)11-14-5-2-1-3-6-14/h1-10,12-13H,11H2,(H,25,29)(H2,26,27,28,30). The fraction of sp³-hybridized carbons (Fsp3) is 0.0455. The molecule has 2 amide bonds. The van der Waals surface area contributed by atoms with E-state index in [1.165, 1.54) is 18.2 Å². The predicted molar refractivity (Wildman–Crippen MR) is 120 cm³/mol. The molecule has 152 valence electrons. The van der Waals surface area contributed by atoms with Crippen LogP contribution in [0, 0.1) is 5.82 Å². The van der Waals surface area contributed by atoms with E-state index >= 15 is 0 Å². The average molecular weight is 442 g/mol. The molecule has 0 saturated heterocycles. The van der Waals surface area contributed by atoms with Gasteiger partial charge in [0, 0.05) is 16.9 Å². The second-order valence-corrected chi connectivity index (χ2v) is 7.14. The van der Waals surface area contributed by atoms with Crippen molar-refractivity contribution in [3.8, 4) is 0 Å². The quantitative estimate of drug-likeness (QED) is 0.498. The molecule has 0 aliphatic carbocycles. The smallest absolute Gasteiger partial charge is 0.255 e. The van der Waals surface area contributed by atoms with Crippen molar-refractivity contribution in [2.24, 2.45) is 0 Å². The number of hydrogen-bond donors (Lipinski definition) is 3. The van der Waals surface area contributed by atoms with Gasteiger partial charge in [-0.2, -0.15) is 0 Å². The van der Waals surface area contributed by atoms with Crippen LogP contribution in [0.2, 0.25) is 5.02 Å². The van der Waals surface area contributed by atoms with Gasteiger partial charge in [-0.05, 0) is 54.2 Å². The lowest BCUT2D eigenvalue weighted by Crippen LogP contribution is -2.35. The van der Waals surface area contributed by atoms with Crippen LogP contribution in [0.25, 0.3) is 0 Å². The van der Waals surface area contributed by atoms with E-state index in [4.69, 9.17) is 23.8 Å². The van der Waals surface area contributed by atoms with Gasteiger partial charge in [0.15, 0.2) is 5.11 Å². The molecular formula is C22H17ClFN3O2S. The molecule has 3 rings (SSSR count). The van der Waals surface area contributed by atoms with E-state index in [9.17, 15) is 14.0 Å². The molecule has 30 heavy (non-hydrogen) atoms. The fourth-order valence-electron chi connectivity index (χ4n) is 2.63. The number of halogens is 2. The van der Waals surface area contributed by atoms with Crippen molar-refractivity contribution < 1.29 is 14.0 Å². The van der Waals surface area contributed by atoms with Gasteiger partial charge in [-0.1, -0.05) is 48.0 Å². The highest BCUT2D eigenvalue weighted by atomic mass is 35.5. The second-order valence-electron chi connectivity index (χ2n) is 6.33. The van der Waals surface area contributed by atoms with Crippen LogP contribution in [-0.2, 0) is 11.2 Å². The SMILES string of the molecule is O=C(Cc1ccccc1)NC(=S)Nc1cccc(C(=O)Nc2ccc(F)c(Cl)c2)c1. The second kappa shape index (κ2) is 9.96. The highest BCUT2D eigenvalue weighted by Crippen LogP contribution is 2.20. The monoisotopic (exact) mass is 441 g/mol. The normalized spacial score (nSPS) is 10.2. The lowest BCUT2D eigenvalue weighted by atomic mass is 10.1. The van der Waals surface area contributed by atoms with Crippen molar-refractivity contribution in [2.45, 2.75) is 6.42 Å². The number of amides is 2. The third-order valence-corrected chi connectivity index (χ3v) is 4.51. The molecule has 5 nitrogen and oxygen atoms in total. The van der Waals surface area contributed by atoms with Gasteiger partial charge in [-0.15, -0.1) is 0 Å². The Morgan fingerprint density at radius 2 is 1.63 bits per heavy atom. The summed E-state index contributed by atoms with van der Waals surface area (Å²) in [5, 5.41) is 8.18. The highest BCUT2D eigenvalue weighted by molar-refractivity contribution is 7.80. The number of rotatable bonds is 5. The fourth-order valence-corrected chi connectivity index (χ4v) is 3.04. The molecule has 0 heterocycles. The Balaban J connectivity index is 1.59. The Kier molecular flexibility index (Phi) is 7.11. The number of thiocarbonyl (C=S) groups is 1. The Hall–Kier alpha value is -3.29. The molecule has 0 radical (unpaired) electrons. The summed E-state index contributed by atoms with van der Waals surface area (Å²) in [6, 6.07) is 19.8. The maximum atomic E-state index is 13.3. The Labute approximate surface area is 183 Å². The van der Waals surface area contributed by atoms with Crippen molar-refractivity contribution in [2.75, 3.05) is 10.6 Å². The van der Waals surface area contributed by atoms with Crippen LogP contribution in [0.5, 0.6) is 0 Å².